The summed E-state index contributed by atoms with van der Waals surface area (Å²) in [6, 6.07) is 7.45. The van der Waals surface area contributed by atoms with E-state index in [1.165, 1.54) is 103 Å². The van der Waals surface area contributed by atoms with Gasteiger partial charge in [0.1, 0.15) is 0 Å². The zero-order valence-electron chi connectivity index (χ0n) is 19.6. The average molecular weight is 417 g/mol. The monoisotopic (exact) mass is 416 g/mol. The van der Waals surface area contributed by atoms with Crippen molar-refractivity contribution >= 4 is 11.9 Å². The Kier molecular flexibility index (Phi) is 16.0. The minimum absolute atomic E-state index is 0.522. The Labute approximate surface area is 185 Å². The molecular weight excluding hydrogens is 372 g/mol. The second-order valence-corrected chi connectivity index (χ2v) is 8.59. The van der Waals surface area contributed by atoms with E-state index in [0.29, 0.717) is 5.56 Å². The fourth-order valence-corrected chi connectivity index (χ4v) is 3.99. The van der Waals surface area contributed by atoms with Crippen molar-refractivity contribution in [2.45, 2.75) is 123 Å². The van der Waals surface area contributed by atoms with Crippen molar-refractivity contribution < 1.29 is 14.3 Å². The molecule has 1 aromatic carbocycles. The summed E-state index contributed by atoms with van der Waals surface area (Å²) in [6.45, 7) is 3.54. The fourth-order valence-electron chi connectivity index (χ4n) is 3.99. The topological polar surface area (TPSA) is 43.4 Å². The molecule has 0 amide bonds. The molecule has 3 heteroatoms. The first-order valence-electron chi connectivity index (χ1n) is 12.5. The zero-order chi connectivity index (χ0) is 21.9. The largest absolute Gasteiger partial charge is 0.390 e. The van der Waals surface area contributed by atoms with E-state index in [0.717, 1.165) is 18.4 Å². The van der Waals surface area contributed by atoms with Crippen LogP contribution in [0.25, 0.3) is 0 Å². The van der Waals surface area contributed by atoms with Crippen molar-refractivity contribution in [2.24, 2.45) is 0 Å². The Balaban J connectivity index is 1.97. The van der Waals surface area contributed by atoms with Crippen molar-refractivity contribution in [1.82, 2.24) is 0 Å². The molecule has 0 aliphatic rings. The number of benzene rings is 1. The van der Waals surface area contributed by atoms with Gasteiger partial charge in [-0.05, 0) is 24.5 Å². The highest BCUT2D eigenvalue weighted by Crippen LogP contribution is 2.16. The number of aryl methyl sites for hydroxylation is 1. The molecule has 0 spiro atoms. The van der Waals surface area contributed by atoms with Crippen LogP contribution in [0.2, 0.25) is 0 Å². The van der Waals surface area contributed by atoms with Crippen molar-refractivity contribution in [2.75, 3.05) is 0 Å². The van der Waals surface area contributed by atoms with Gasteiger partial charge in [-0.1, -0.05) is 121 Å². The number of rotatable bonds is 18. The second-order valence-electron chi connectivity index (χ2n) is 8.59. The summed E-state index contributed by atoms with van der Waals surface area (Å²) in [4.78, 5) is 23.0. The molecule has 30 heavy (non-hydrogen) atoms. The number of esters is 2. The summed E-state index contributed by atoms with van der Waals surface area (Å²) in [6.07, 6.45) is 22.5. The van der Waals surface area contributed by atoms with Gasteiger partial charge in [-0.2, -0.15) is 0 Å². The molecule has 0 fully saturated rings. The lowest BCUT2D eigenvalue weighted by Crippen LogP contribution is -2.11. The molecule has 170 valence electrons. The molecular formula is C27H44O3. The van der Waals surface area contributed by atoms with Crippen LogP contribution in [0.4, 0.5) is 0 Å². The van der Waals surface area contributed by atoms with E-state index in [-0.39, 0.29) is 0 Å². The van der Waals surface area contributed by atoms with Gasteiger partial charge >= 0.3 is 11.9 Å². The molecule has 3 nitrogen and oxygen atoms in total. The minimum atomic E-state index is -0.558. The van der Waals surface area contributed by atoms with Gasteiger partial charge in [-0.25, -0.2) is 4.79 Å². The molecule has 0 aliphatic heterocycles. The summed E-state index contributed by atoms with van der Waals surface area (Å²) in [5.74, 6) is -1.09. The van der Waals surface area contributed by atoms with Crippen LogP contribution >= 0.6 is 0 Å². The van der Waals surface area contributed by atoms with Gasteiger partial charge in [-0.3, -0.25) is 4.79 Å². The van der Waals surface area contributed by atoms with E-state index in [9.17, 15) is 9.59 Å². The van der Waals surface area contributed by atoms with Crippen molar-refractivity contribution in [3.05, 3.63) is 35.4 Å². The zero-order valence-corrected chi connectivity index (χ0v) is 19.6. The van der Waals surface area contributed by atoms with Crippen molar-refractivity contribution in [1.29, 1.82) is 0 Å². The first-order chi connectivity index (χ1) is 14.6. The van der Waals surface area contributed by atoms with Crippen LogP contribution in [0.1, 0.15) is 133 Å². The molecule has 0 bridgehead atoms. The SMILES string of the molecule is CCCCCCCCCCCCCCCCCCc1ccccc1C(=O)OC(C)=O. The quantitative estimate of drug-likeness (QED) is 0.138. The Bertz CT molecular complexity index is 579. The predicted octanol–water partition coefficient (Wildman–Crippen LogP) is 8.19. The van der Waals surface area contributed by atoms with Crippen LogP contribution in [0.3, 0.4) is 0 Å². The summed E-state index contributed by atoms with van der Waals surface area (Å²) in [5, 5.41) is 0. The maximum absolute atomic E-state index is 12.0. The van der Waals surface area contributed by atoms with Gasteiger partial charge in [0.25, 0.3) is 0 Å². The highest BCUT2D eigenvalue weighted by atomic mass is 16.6. The molecule has 0 unspecified atom stereocenters. The molecule has 0 aromatic heterocycles. The Morgan fingerprint density at radius 3 is 1.57 bits per heavy atom. The molecule has 0 radical (unpaired) electrons. The molecule has 0 heterocycles. The van der Waals surface area contributed by atoms with Gasteiger partial charge in [0.15, 0.2) is 0 Å². The van der Waals surface area contributed by atoms with Gasteiger partial charge in [0.2, 0.25) is 0 Å². The van der Waals surface area contributed by atoms with Crippen LogP contribution < -0.4 is 0 Å². The first-order valence-corrected chi connectivity index (χ1v) is 12.5. The molecule has 0 saturated carbocycles. The van der Waals surface area contributed by atoms with Crippen LogP contribution in [0, 0.1) is 0 Å². The third-order valence-electron chi connectivity index (χ3n) is 5.77. The Morgan fingerprint density at radius 1 is 0.667 bits per heavy atom. The minimum Gasteiger partial charge on any atom is -0.390 e. The van der Waals surface area contributed by atoms with Crippen LogP contribution in [0.15, 0.2) is 24.3 Å². The van der Waals surface area contributed by atoms with E-state index >= 15 is 0 Å². The lowest BCUT2D eigenvalue weighted by Gasteiger charge is -2.08. The Morgan fingerprint density at radius 2 is 1.10 bits per heavy atom. The van der Waals surface area contributed by atoms with Crippen LogP contribution in [-0.2, 0) is 16.0 Å². The van der Waals surface area contributed by atoms with Crippen LogP contribution in [-0.4, -0.2) is 11.9 Å². The number of carbonyl (C=O) groups excluding carboxylic acids is 2. The fraction of sp³-hybridized carbons (Fsp3) is 0.704. The number of hydrogen-bond donors (Lipinski definition) is 0. The number of unbranched alkanes of at least 4 members (excludes halogenated alkanes) is 15. The summed E-state index contributed by atoms with van der Waals surface area (Å²) in [5.41, 5.74) is 1.50. The van der Waals surface area contributed by atoms with Gasteiger partial charge in [0, 0.05) is 6.92 Å². The third-order valence-corrected chi connectivity index (χ3v) is 5.77. The molecule has 0 saturated heterocycles. The normalized spacial score (nSPS) is 10.9. The second kappa shape index (κ2) is 18.2. The smallest absolute Gasteiger partial charge is 0.346 e. The van der Waals surface area contributed by atoms with E-state index in [4.69, 9.17) is 4.74 Å². The maximum atomic E-state index is 12.0. The third kappa shape index (κ3) is 13.6. The van der Waals surface area contributed by atoms with E-state index < -0.39 is 11.9 Å². The molecule has 0 atom stereocenters. The lowest BCUT2D eigenvalue weighted by molar-refractivity contribution is -0.135. The highest BCUT2D eigenvalue weighted by molar-refractivity contribution is 5.97. The molecule has 0 N–H and O–H groups in total. The number of hydrogen-bond acceptors (Lipinski definition) is 3. The average Bonchev–Trinajstić information content (AvgIpc) is 2.73. The number of carbonyl (C=O) groups is 2. The van der Waals surface area contributed by atoms with Gasteiger partial charge in [-0.15, -0.1) is 0 Å². The van der Waals surface area contributed by atoms with E-state index in [2.05, 4.69) is 6.92 Å². The highest BCUT2D eigenvalue weighted by Gasteiger charge is 2.13. The maximum Gasteiger partial charge on any atom is 0.346 e. The van der Waals surface area contributed by atoms with E-state index in [1.807, 2.05) is 18.2 Å². The summed E-state index contributed by atoms with van der Waals surface area (Å²) >= 11 is 0. The van der Waals surface area contributed by atoms with Gasteiger partial charge in [0.05, 0.1) is 5.56 Å². The first kappa shape index (κ1) is 26.4. The Hall–Kier alpha value is -1.64. The van der Waals surface area contributed by atoms with Crippen molar-refractivity contribution in [3.8, 4) is 0 Å². The summed E-state index contributed by atoms with van der Waals surface area (Å²) in [7, 11) is 0. The van der Waals surface area contributed by atoms with E-state index in [1.54, 1.807) is 6.07 Å². The predicted molar refractivity (Wildman–Crippen MR) is 126 cm³/mol. The molecule has 1 rings (SSSR count). The van der Waals surface area contributed by atoms with Crippen molar-refractivity contribution in [3.63, 3.8) is 0 Å². The van der Waals surface area contributed by atoms with Crippen LogP contribution in [0.5, 0.6) is 0 Å². The summed E-state index contributed by atoms with van der Waals surface area (Å²) < 4.78 is 4.73. The number of ether oxygens (including phenoxy) is 1. The standard InChI is InChI=1S/C27H44O3/c1-3-4-5-6-7-8-9-10-11-12-13-14-15-16-17-18-21-25-22-19-20-23-26(25)27(29)30-24(2)28/h19-20,22-23H,3-18,21H2,1-2H3. The van der Waals surface area contributed by atoms with Gasteiger partial charge < -0.3 is 4.74 Å². The molecule has 1 aromatic rings. The molecule has 0 aliphatic carbocycles. The lowest BCUT2D eigenvalue weighted by atomic mass is 10.00.